The Morgan fingerprint density at radius 2 is 1.86 bits per heavy atom. The highest BCUT2D eigenvalue weighted by atomic mass is 19.1. The maximum Gasteiger partial charge on any atom is 0.250 e. The van der Waals surface area contributed by atoms with Crippen LogP contribution in [0.3, 0.4) is 0 Å². The minimum atomic E-state index is -1.11. The number of rotatable bonds is 6. The summed E-state index contributed by atoms with van der Waals surface area (Å²) < 4.78 is 21.2. The van der Waals surface area contributed by atoms with Gasteiger partial charge in [-0.1, -0.05) is 12.1 Å². The quantitative estimate of drug-likeness (QED) is 0.223. The summed E-state index contributed by atoms with van der Waals surface area (Å²) in [5, 5.41) is 18.7. The number of fused-ring (bicyclic) bond motifs is 1. The maximum atomic E-state index is 14.0. The average Bonchev–Trinajstić information content (AvgIpc) is 3.35. The molecule has 212 valence electrons. The Morgan fingerprint density at radius 1 is 1.10 bits per heavy atom. The number of aromatic nitrogens is 3. The zero-order valence-corrected chi connectivity index (χ0v) is 22.8. The monoisotopic (exact) mass is 566 g/mol. The van der Waals surface area contributed by atoms with Gasteiger partial charge in [0.2, 0.25) is 5.78 Å². The van der Waals surface area contributed by atoms with E-state index in [0.29, 0.717) is 41.2 Å². The number of para-hydroxylation sites is 1. The molecule has 2 fully saturated rings. The van der Waals surface area contributed by atoms with Crippen molar-refractivity contribution in [3.8, 4) is 17.2 Å². The molecule has 0 bridgehead atoms. The van der Waals surface area contributed by atoms with Crippen LogP contribution in [0.5, 0.6) is 11.5 Å². The van der Waals surface area contributed by atoms with Crippen LogP contribution < -0.4 is 20.7 Å². The van der Waals surface area contributed by atoms with Gasteiger partial charge in [0.15, 0.2) is 17.9 Å². The topological polar surface area (TPSA) is 138 Å². The molecule has 5 aromatic rings. The highest BCUT2D eigenvalue weighted by Crippen LogP contribution is 2.44. The predicted molar refractivity (Wildman–Crippen MR) is 154 cm³/mol. The normalized spacial score (nSPS) is 17.4. The lowest BCUT2D eigenvalue weighted by atomic mass is 10.1. The molecule has 1 saturated heterocycles. The Balaban J connectivity index is 1.16. The number of benzene rings is 3. The molecule has 1 atom stereocenters. The zero-order valence-electron chi connectivity index (χ0n) is 22.8. The van der Waals surface area contributed by atoms with E-state index in [-0.39, 0.29) is 28.8 Å². The van der Waals surface area contributed by atoms with Gasteiger partial charge in [0.05, 0.1) is 28.8 Å². The number of nitrogens with two attached hydrogens (primary N) is 1. The molecule has 1 unspecified atom stereocenters. The number of aromatic amines is 1. The number of aliphatic hydroxyl groups excluding tert-OH is 1. The van der Waals surface area contributed by atoms with Crippen molar-refractivity contribution in [2.45, 2.75) is 38.6 Å². The van der Waals surface area contributed by atoms with Gasteiger partial charge in [0, 0.05) is 10.9 Å². The second kappa shape index (κ2) is 9.26. The standard InChI is InChI=1S/C31H27FN6O4/c1-16-11-18-13-23(35-22(18)14-25(16)37-29(40)31(9-10-31)36-30(37)41)27(39)20-15-34-38(28(20)33)24-8-7-19(12-17(24)2)42-26-6-4-3-5-21(26)32/h3-8,11-15,30,35-36,41H,9-10,33H2,1-2H3. The molecule has 1 spiro atoms. The van der Waals surface area contributed by atoms with E-state index in [4.69, 9.17) is 10.5 Å². The van der Waals surface area contributed by atoms with Crippen molar-refractivity contribution >= 4 is 34.1 Å². The van der Waals surface area contributed by atoms with E-state index in [1.807, 2.05) is 19.9 Å². The molecular weight excluding hydrogens is 539 g/mol. The molecule has 1 aliphatic heterocycles. The van der Waals surface area contributed by atoms with Crippen molar-refractivity contribution in [1.82, 2.24) is 20.1 Å². The first-order chi connectivity index (χ1) is 20.1. The number of halogens is 1. The lowest BCUT2D eigenvalue weighted by Crippen LogP contribution is -2.37. The highest BCUT2D eigenvalue weighted by molar-refractivity contribution is 6.13. The van der Waals surface area contributed by atoms with Gasteiger partial charge in [0.25, 0.3) is 5.91 Å². The second-order valence-electron chi connectivity index (χ2n) is 10.8. The van der Waals surface area contributed by atoms with Crippen LogP contribution in [0.25, 0.3) is 16.6 Å². The third-order valence-corrected chi connectivity index (χ3v) is 7.98. The predicted octanol–water partition coefficient (Wildman–Crippen LogP) is 4.46. The number of aryl methyl sites for hydroxylation is 2. The largest absolute Gasteiger partial charge is 0.454 e. The molecule has 11 heteroatoms. The highest BCUT2D eigenvalue weighted by Gasteiger charge is 2.59. The Hall–Kier alpha value is -5.00. The van der Waals surface area contributed by atoms with Gasteiger partial charge < -0.3 is 20.6 Å². The fourth-order valence-electron chi connectivity index (χ4n) is 5.56. The molecule has 42 heavy (non-hydrogen) atoms. The first-order valence-corrected chi connectivity index (χ1v) is 13.5. The number of ketones is 1. The van der Waals surface area contributed by atoms with Crippen LogP contribution in [0.2, 0.25) is 0 Å². The second-order valence-corrected chi connectivity index (χ2v) is 10.8. The molecule has 3 aromatic carbocycles. The SMILES string of the molecule is Cc1cc2cc(C(=O)c3cnn(-c4ccc(Oc5ccccc5F)cc4C)c3N)[nH]c2cc1N1C(=O)C2(CC2)NC1O. The number of nitrogens with zero attached hydrogens (tertiary/aromatic N) is 3. The summed E-state index contributed by atoms with van der Waals surface area (Å²) in [5.41, 5.74) is 9.68. The Bertz CT molecular complexity index is 1920. The van der Waals surface area contributed by atoms with Crippen LogP contribution in [-0.2, 0) is 4.79 Å². The van der Waals surface area contributed by atoms with Crippen LogP contribution in [-0.4, -0.2) is 43.5 Å². The number of aliphatic hydroxyl groups is 1. The molecule has 1 aliphatic carbocycles. The summed E-state index contributed by atoms with van der Waals surface area (Å²) in [6, 6.07) is 16.7. The lowest BCUT2D eigenvalue weighted by Gasteiger charge is -2.21. The van der Waals surface area contributed by atoms with E-state index in [0.717, 1.165) is 16.5 Å². The van der Waals surface area contributed by atoms with Crippen LogP contribution >= 0.6 is 0 Å². The molecular formula is C31H27FN6O4. The van der Waals surface area contributed by atoms with Crippen LogP contribution in [0.1, 0.15) is 40.0 Å². The van der Waals surface area contributed by atoms with E-state index in [9.17, 15) is 19.1 Å². The number of amides is 1. The summed E-state index contributed by atoms with van der Waals surface area (Å²) in [5.74, 6) is -0.239. The number of hydrogen-bond donors (Lipinski definition) is 4. The third kappa shape index (κ3) is 4.05. The number of H-pyrrole nitrogens is 1. The first-order valence-electron chi connectivity index (χ1n) is 13.5. The number of anilines is 2. The number of nitrogen functional groups attached to an aromatic ring is 1. The van der Waals surface area contributed by atoms with Gasteiger partial charge in [0.1, 0.15) is 17.1 Å². The molecule has 7 rings (SSSR count). The molecule has 1 amide bonds. The van der Waals surface area contributed by atoms with Gasteiger partial charge in [-0.2, -0.15) is 5.10 Å². The fraction of sp³-hybridized carbons (Fsp3) is 0.194. The van der Waals surface area contributed by atoms with E-state index >= 15 is 0 Å². The van der Waals surface area contributed by atoms with Gasteiger partial charge in [-0.25, -0.2) is 9.07 Å². The molecule has 2 aliphatic rings. The molecule has 3 heterocycles. The van der Waals surface area contributed by atoms with Gasteiger partial charge >= 0.3 is 0 Å². The van der Waals surface area contributed by atoms with E-state index < -0.39 is 17.7 Å². The summed E-state index contributed by atoms with van der Waals surface area (Å²) >= 11 is 0. The average molecular weight is 567 g/mol. The molecule has 2 aromatic heterocycles. The number of ether oxygens (including phenoxy) is 1. The molecule has 10 nitrogen and oxygen atoms in total. The maximum absolute atomic E-state index is 14.0. The van der Waals surface area contributed by atoms with Crippen molar-refractivity contribution in [3.05, 3.63) is 95.1 Å². The van der Waals surface area contributed by atoms with E-state index in [2.05, 4.69) is 15.4 Å². The van der Waals surface area contributed by atoms with Crippen molar-refractivity contribution < 1.29 is 23.8 Å². The summed E-state index contributed by atoms with van der Waals surface area (Å²) in [6.45, 7) is 3.70. The zero-order chi connectivity index (χ0) is 29.3. The molecule has 0 radical (unpaired) electrons. The van der Waals surface area contributed by atoms with Crippen molar-refractivity contribution in [2.24, 2.45) is 0 Å². The van der Waals surface area contributed by atoms with Crippen molar-refractivity contribution in [2.75, 3.05) is 10.6 Å². The van der Waals surface area contributed by atoms with E-state index in [1.165, 1.54) is 21.8 Å². The van der Waals surface area contributed by atoms with Gasteiger partial charge in [-0.15, -0.1) is 0 Å². The van der Waals surface area contributed by atoms with Gasteiger partial charge in [-0.05, 0) is 86.3 Å². The van der Waals surface area contributed by atoms with Crippen molar-refractivity contribution in [1.29, 1.82) is 0 Å². The summed E-state index contributed by atoms with van der Waals surface area (Å²) in [7, 11) is 0. The van der Waals surface area contributed by atoms with Crippen molar-refractivity contribution in [3.63, 3.8) is 0 Å². The minimum absolute atomic E-state index is 0.114. The lowest BCUT2D eigenvalue weighted by molar-refractivity contribution is -0.119. The van der Waals surface area contributed by atoms with Crippen LogP contribution in [0, 0.1) is 19.7 Å². The first kappa shape index (κ1) is 25.9. The fourth-order valence-corrected chi connectivity index (χ4v) is 5.56. The number of carbonyl (C=O) groups excluding carboxylic acids is 2. The van der Waals surface area contributed by atoms with E-state index in [1.54, 1.807) is 48.5 Å². The Labute approximate surface area is 239 Å². The van der Waals surface area contributed by atoms with Crippen LogP contribution in [0.4, 0.5) is 15.9 Å². The third-order valence-electron chi connectivity index (χ3n) is 7.98. The molecule has 5 N–H and O–H groups in total. The molecule has 1 saturated carbocycles. The Morgan fingerprint density at radius 3 is 2.57 bits per heavy atom. The number of hydrogen-bond acceptors (Lipinski definition) is 7. The summed E-state index contributed by atoms with van der Waals surface area (Å²) in [4.78, 5) is 31.0. The summed E-state index contributed by atoms with van der Waals surface area (Å²) in [6.07, 6.45) is 1.70. The van der Waals surface area contributed by atoms with Gasteiger partial charge in [-0.3, -0.25) is 19.8 Å². The Kier molecular flexibility index (Phi) is 5.72. The minimum Gasteiger partial charge on any atom is -0.454 e. The smallest absolute Gasteiger partial charge is 0.250 e. The van der Waals surface area contributed by atoms with Crippen LogP contribution in [0.15, 0.2) is 66.9 Å². The number of carbonyl (C=O) groups is 2. The number of nitrogens with one attached hydrogen (secondary N) is 2.